The lowest BCUT2D eigenvalue weighted by atomic mass is 9.84. The van der Waals surface area contributed by atoms with Gasteiger partial charge in [-0.1, -0.05) is 26.0 Å². The maximum atomic E-state index is 13.6. The number of likely N-dealkylation sites (tertiary alicyclic amines) is 1. The molecule has 1 atom stereocenters. The largest absolute Gasteiger partial charge is 0.379 e. The summed E-state index contributed by atoms with van der Waals surface area (Å²) in [6, 6.07) is 6.88. The van der Waals surface area contributed by atoms with Crippen LogP contribution in [0.5, 0.6) is 0 Å². The normalized spacial score (nSPS) is 21.5. The third-order valence-electron chi connectivity index (χ3n) is 5.71. The Hall–Kier alpha value is -0.930. The van der Waals surface area contributed by atoms with E-state index in [1.165, 1.54) is 12.5 Å². The number of benzene rings is 1. The molecule has 0 aromatic heterocycles. The fourth-order valence-corrected chi connectivity index (χ4v) is 3.97. The molecule has 2 fully saturated rings. The first kappa shape index (κ1) is 23.3. The summed E-state index contributed by atoms with van der Waals surface area (Å²) < 4.78 is 19.0. The second kappa shape index (κ2) is 10.7. The summed E-state index contributed by atoms with van der Waals surface area (Å²) >= 11 is 0. The Labute approximate surface area is 185 Å². The molecule has 7 heteroatoms. The highest BCUT2D eigenvalue weighted by Gasteiger charge is 2.28. The average Bonchev–Trinajstić information content (AvgIpc) is 3.11. The Balaban J connectivity index is 0.00000280. The second-order valence-corrected chi connectivity index (χ2v) is 8.31. The van der Waals surface area contributed by atoms with Gasteiger partial charge in [-0.05, 0) is 30.0 Å². The maximum absolute atomic E-state index is 13.6. The third kappa shape index (κ3) is 6.29. The van der Waals surface area contributed by atoms with E-state index in [1.807, 2.05) is 13.1 Å². The molecule has 3 rings (SSSR count). The molecule has 5 nitrogen and oxygen atoms in total. The van der Waals surface area contributed by atoms with Crippen molar-refractivity contribution in [3.8, 4) is 0 Å². The van der Waals surface area contributed by atoms with Gasteiger partial charge in [0.15, 0.2) is 5.96 Å². The van der Waals surface area contributed by atoms with Gasteiger partial charge >= 0.3 is 0 Å². The molecule has 2 aliphatic rings. The number of hydrogen-bond donors (Lipinski definition) is 1. The fourth-order valence-electron chi connectivity index (χ4n) is 3.97. The molecule has 0 amide bonds. The van der Waals surface area contributed by atoms with E-state index in [1.54, 1.807) is 12.1 Å². The van der Waals surface area contributed by atoms with Crippen molar-refractivity contribution in [3.63, 3.8) is 0 Å². The van der Waals surface area contributed by atoms with Crippen LogP contribution in [-0.2, 0) is 10.2 Å². The first-order valence-corrected chi connectivity index (χ1v) is 10.00. The van der Waals surface area contributed by atoms with E-state index in [0.29, 0.717) is 12.5 Å². The van der Waals surface area contributed by atoms with Crippen molar-refractivity contribution in [1.82, 2.24) is 15.1 Å². The Bertz CT molecular complexity index is 649. The molecule has 1 unspecified atom stereocenters. The topological polar surface area (TPSA) is 40.1 Å². The van der Waals surface area contributed by atoms with Crippen LogP contribution in [0.1, 0.15) is 25.8 Å². The zero-order valence-electron chi connectivity index (χ0n) is 17.3. The number of morpholine rings is 1. The van der Waals surface area contributed by atoms with Crippen LogP contribution in [0, 0.1) is 11.7 Å². The fraction of sp³-hybridized carbons (Fsp3) is 0.667. The van der Waals surface area contributed by atoms with Crippen molar-refractivity contribution in [3.05, 3.63) is 35.6 Å². The molecule has 2 heterocycles. The van der Waals surface area contributed by atoms with E-state index in [2.05, 4.69) is 34.0 Å². The van der Waals surface area contributed by atoms with Gasteiger partial charge in [0, 0.05) is 51.7 Å². The van der Waals surface area contributed by atoms with Crippen molar-refractivity contribution in [1.29, 1.82) is 0 Å². The number of nitrogens with zero attached hydrogens (tertiary/aromatic N) is 3. The molecular formula is C21H34FIN4O. The molecule has 28 heavy (non-hydrogen) atoms. The number of ether oxygens (including phenoxy) is 1. The van der Waals surface area contributed by atoms with E-state index in [4.69, 9.17) is 4.74 Å². The van der Waals surface area contributed by atoms with Crippen LogP contribution in [-0.4, -0.2) is 75.3 Å². The van der Waals surface area contributed by atoms with Gasteiger partial charge in [-0.15, -0.1) is 24.0 Å². The Morgan fingerprint density at radius 2 is 2.04 bits per heavy atom. The van der Waals surface area contributed by atoms with Crippen molar-refractivity contribution < 1.29 is 9.13 Å². The molecule has 1 aromatic rings. The molecule has 158 valence electrons. The standard InChI is InChI=1S/C21H33FN4O.HI/c1-21(2,18-5-4-6-19(22)13-18)16-24-20(23-3)26-8-7-17(15-26)14-25-9-11-27-12-10-25;/h4-6,13,17H,7-12,14-16H2,1-3H3,(H,23,24);1H. The maximum Gasteiger partial charge on any atom is 0.193 e. The quantitative estimate of drug-likeness (QED) is 0.381. The second-order valence-electron chi connectivity index (χ2n) is 8.31. The van der Waals surface area contributed by atoms with Crippen LogP contribution in [0.2, 0.25) is 0 Å². The van der Waals surface area contributed by atoms with E-state index in [-0.39, 0.29) is 35.2 Å². The molecule has 0 radical (unpaired) electrons. The summed E-state index contributed by atoms with van der Waals surface area (Å²) in [6.07, 6.45) is 1.20. The Morgan fingerprint density at radius 3 is 2.71 bits per heavy atom. The monoisotopic (exact) mass is 504 g/mol. The summed E-state index contributed by atoms with van der Waals surface area (Å²) in [7, 11) is 1.84. The molecular weight excluding hydrogens is 470 g/mol. The van der Waals surface area contributed by atoms with E-state index >= 15 is 0 Å². The number of halogens is 2. The number of hydrogen-bond acceptors (Lipinski definition) is 3. The number of aliphatic imine (C=N–C) groups is 1. The van der Waals surface area contributed by atoms with Gasteiger partial charge in [-0.25, -0.2) is 4.39 Å². The van der Waals surface area contributed by atoms with Crippen LogP contribution in [0.3, 0.4) is 0 Å². The predicted molar refractivity (Wildman–Crippen MR) is 123 cm³/mol. The lowest BCUT2D eigenvalue weighted by Crippen LogP contribution is -2.45. The van der Waals surface area contributed by atoms with Gasteiger partial charge in [0.2, 0.25) is 0 Å². The lowest BCUT2D eigenvalue weighted by molar-refractivity contribution is 0.0315. The Morgan fingerprint density at radius 1 is 1.29 bits per heavy atom. The van der Waals surface area contributed by atoms with E-state index in [9.17, 15) is 4.39 Å². The summed E-state index contributed by atoms with van der Waals surface area (Å²) in [5.74, 6) is 1.44. The first-order chi connectivity index (χ1) is 13.0. The highest BCUT2D eigenvalue weighted by atomic mass is 127. The Kier molecular flexibility index (Phi) is 8.95. The van der Waals surface area contributed by atoms with Crippen LogP contribution in [0.15, 0.2) is 29.3 Å². The highest BCUT2D eigenvalue weighted by Crippen LogP contribution is 2.23. The summed E-state index contributed by atoms with van der Waals surface area (Å²) in [5, 5.41) is 3.51. The predicted octanol–water partition coefficient (Wildman–Crippen LogP) is 2.95. The van der Waals surface area contributed by atoms with Crippen LogP contribution in [0.4, 0.5) is 4.39 Å². The van der Waals surface area contributed by atoms with Gasteiger partial charge in [0.1, 0.15) is 5.82 Å². The van der Waals surface area contributed by atoms with Gasteiger partial charge in [-0.3, -0.25) is 9.89 Å². The molecule has 2 saturated heterocycles. The summed E-state index contributed by atoms with van der Waals surface area (Å²) in [5.41, 5.74) is 0.822. The van der Waals surface area contributed by atoms with Gasteiger partial charge < -0.3 is 15.0 Å². The van der Waals surface area contributed by atoms with Crippen molar-refractivity contribution >= 4 is 29.9 Å². The van der Waals surface area contributed by atoms with Crippen LogP contribution in [0.25, 0.3) is 0 Å². The minimum Gasteiger partial charge on any atom is -0.379 e. The van der Waals surface area contributed by atoms with Crippen molar-refractivity contribution in [2.24, 2.45) is 10.9 Å². The first-order valence-electron chi connectivity index (χ1n) is 10.00. The van der Waals surface area contributed by atoms with Gasteiger partial charge in [-0.2, -0.15) is 0 Å². The molecule has 2 aliphatic heterocycles. The third-order valence-corrected chi connectivity index (χ3v) is 5.71. The zero-order chi connectivity index (χ0) is 19.3. The molecule has 0 aliphatic carbocycles. The molecule has 1 N–H and O–H groups in total. The number of rotatable bonds is 5. The van der Waals surface area contributed by atoms with Crippen molar-refractivity contribution in [2.45, 2.75) is 25.7 Å². The smallest absolute Gasteiger partial charge is 0.193 e. The zero-order valence-corrected chi connectivity index (χ0v) is 19.6. The highest BCUT2D eigenvalue weighted by molar-refractivity contribution is 14.0. The SMILES string of the molecule is CN=C(NCC(C)(C)c1cccc(F)c1)N1CCC(CN2CCOCC2)C1.I. The van der Waals surface area contributed by atoms with Gasteiger partial charge in [0.25, 0.3) is 0 Å². The van der Waals surface area contributed by atoms with E-state index in [0.717, 1.165) is 57.5 Å². The average molecular weight is 504 g/mol. The van der Waals surface area contributed by atoms with Gasteiger partial charge in [0.05, 0.1) is 13.2 Å². The molecule has 0 saturated carbocycles. The minimum atomic E-state index is -0.185. The summed E-state index contributed by atoms with van der Waals surface area (Å²) in [6.45, 7) is 12.0. The van der Waals surface area contributed by atoms with Crippen molar-refractivity contribution in [2.75, 3.05) is 59.5 Å². The lowest BCUT2D eigenvalue weighted by Gasteiger charge is -2.30. The van der Waals surface area contributed by atoms with Crippen LogP contribution < -0.4 is 5.32 Å². The molecule has 1 aromatic carbocycles. The number of nitrogens with one attached hydrogen (secondary N) is 1. The summed E-state index contributed by atoms with van der Waals surface area (Å²) in [4.78, 5) is 9.36. The van der Waals surface area contributed by atoms with Crippen LogP contribution >= 0.6 is 24.0 Å². The molecule has 0 spiro atoms. The minimum absolute atomic E-state index is 0. The van der Waals surface area contributed by atoms with E-state index < -0.39 is 0 Å². The number of guanidine groups is 1. The molecule has 0 bridgehead atoms.